The summed E-state index contributed by atoms with van der Waals surface area (Å²) in [6.07, 6.45) is 2.09. The van der Waals surface area contributed by atoms with Crippen LogP contribution in [0.3, 0.4) is 0 Å². The number of benzene rings is 1. The lowest BCUT2D eigenvalue weighted by molar-refractivity contribution is 0.0850. The molecule has 0 spiro atoms. The average molecular weight is 332 g/mol. The smallest absolute Gasteiger partial charge is 0.273 e. The average Bonchev–Trinajstić information content (AvgIpc) is 3.30. The molecule has 2 aromatic rings. The van der Waals surface area contributed by atoms with E-state index in [1.165, 1.54) is 0 Å². The fraction of sp³-hybridized carbons (Fsp3) is 0.412. The molecule has 3 rings (SSSR count). The highest BCUT2D eigenvalue weighted by molar-refractivity contribution is 5.93. The van der Waals surface area contributed by atoms with Crippen LogP contribution in [0.2, 0.25) is 0 Å². The van der Waals surface area contributed by atoms with Gasteiger partial charge < -0.3 is 24.1 Å². The van der Waals surface area contributed by atoms with E-state index >= 15 is 0 Å². The molecule has 7 nitrogen and oxygen atoms in total. The van der Waals surface area contributed by atoms with Crippen molar-refractivity contribution in [2.75, 3.05) is 27.4 Å². The normalized spacial score (nSPS) is 16.8. The van der Waals surface area contributed by atoms with Crippen molar-refractivity contribution in [3.05, 3.63) is 30.0 Å². The standard InChI is InChI=1S/C17H20N2O5/c1-21-14-6-5-11(8-16(14)22-2)15-9-13(19-24-15)17(20)18-10-12-4-3-7-23-12/h5-6,8-9,12H,3-4,7,10H2,1-2H3,(H,18,20)/t12-/m0/s1. The van der Waals surface area contributed by atoms with Crippen LogP contribution in [0.4, 0.5) is 0 Å². The van der Waals surface area contributed by atoms with E-state index in [0.717, 1.165) is 25.0 Å². The van der Waals surface area contributed by atoms with E-state index in [-0.39, 0.29) is 17.7 Å². The van der Waals surface area contributed by atoms with Crippen LogP contribution in [0.15, 0.2) is 28.8 Å². The van der Waals surface area contributed by atoms with E-state index in [2.05, 4.69) is 10.5 Å². The number of nitrogens with one attached hydrogen (secondary N) is 1. The van der Waals surface area contributed by atoms with E-state index in [1.54, 1.807) is 32.4 Å². The largest absolute Gasteiger partial charge is 0.493 e. The van der Waals surface area contributed by atoms with E-state index in [0.29, 0.717) is 23.8 Å². The molecule has 1 N–H and O–H groups in total. The molecule has 1 fully saturated rings. The van der Waals surface area contributed by atoms with Crippen molar-refractivity contribution in [2.45, 2.75) is 18.9 Å². The molecule has 24 heavy (non-hydrogen) atoms. The van der Waals surface area contributed by atoms with E-state index < -0.39 is 0 Å². The summed E-state index contributed by atoms with van der Waals surface area (Å²) in [5.41, 5.74) is 0.983. The van der Waals surface area contributed by atoms with Gasteiger partial charge in [-0.1, -0.05) is 5.16 Å². The molecule has 2 heterocycles. The van der Waals surface area contributed by atoms with Gasteiger partial charge in [0, 0.05) is 24.8 Å². The molecule has 0 radical (unpaired) electrons. The van der Waals surface area contributed by atoms with Gasteiger partial charge >= 0.3 is 0 Å². The van der Waals surface area contributed by atoms with Gasteiger partial charge in [-0.15, -0.1) is 0 Å². The third-order valence-electron chi connectivity index (χ3n) is 3.93. The molecule has 1 atom stereocenters. The second-order valence-electron chi connectivity index (χ2n) is 5.49. The maximum absolute atomic E-state index is 12.1. The zero-order valence-electron chi connectivity index (χ0n) is 13.7. The molecule has 1 aliphatic heterocycles. The van der Waals surface area contributed by atoms with Crippen molar-refractivity contribution in [2.24, 2.45) is 0 Å². The lowest BCUT2D eigenvalue weighted by Gasteiger charge is -2.09. The molecule has 0 saturated carbocycles. The van der Waals surface area contributed by atoms with Crippen LogP contribution in [0.1, 0.15) is 23.3 Å². The van der Waals surface area contributed by atoms with Crippen LogP contribution in [0.25, 0.3) is 11.3 Å². The minimum atomic E-state index is -0.277. The Labute approximate surface area is 139 Å². The number of nitrogens with zero attached hydrogens (tertiary/aromatic N) is 1. The molecule has 1 amide bonds. The van der Waals surface area contributed by atoms with E-state index in [4.69, 9.17) is 18.7 Å². The van der Waals surface area contributed by atoms with E-state index in [9.17, 15) is 4.79 Å². The van der Waals surface area contributed by atoms with E-state index in [1.807, 2.05) is 6.07 Å². The lowest BCUT2D eigenvalue weighted by Crippen LogP contribution is -2.31. The van der Waals surface area contributed by atoms with Gasteiger partial charge in [0.25, 0.3) is 5.91 Å². The first kappa shape index (κ1) is 16.3. The van der Waals surface area contributed by atoms with Crippen molar-refractivity contribution < 1.29 is 23.5 Å². The van der Waals surface area contributed by atoms with Crippen LogP contribution < -0.4 is 14.8 Å². The number of ether oxygens (including phenoxy) is 3. The fourth-order valence-corrected chi connectivity index (χ4v) is 2.61. The Hall–Kier alpha value is -2.54. The Morgan fingerprint density at radius 2 is 2.12 bits per heavy atom. The van der Waals surface area contributed by atoms with Crippen molar-refractivity contribution in [3.63, 3.8) is 0 Å². The number of aromatic nitrogens is 1. The number of carbonyl (C=O) groups is 1. The summed E-state index contributed by atoms with van der Waals surface area (Å²) in [4.78, 5) is 12.1. The summed E-state index contributed by atoms with van der Waals surface area (Å²) in [6.45, 7) is 1.24. The Kier molecular flexibility index (Phi) is 5.00. The number of methoxy groups -OCH3 is 2. The number of rotatable bonds is 6. The van der Waals surface area contributed by atoms with Gasteiger partial charge in [-0.25, -0.2) is 0 Å². The monoisotopic (exact) mass is 332 g/mol. The molecular formula is C17H20N2O5. The molecule has 128 valence electrons. The van der Waals surface area contributed by atoms with Crippen molar-refractivity contribution in [1.82, 2.24) is 10.5 Å². The van der Waals surface area contributed by atoms with Crippen LogP contribution in [0, 0.1) is 0 Å². The summed E-state index contributed by atoms with van der Waals surface area (Å²) in [5.74, 6) is 1.41. The van der Waals surface area contributed by atoms with Crippen molar-refractivity contribution >= 4 is 5.91 Å². The van der Waals surface area contributed by atoms with Crippen molar-refractivity contribution in [3.8, 4) is 22.8 Å². The molecule has 0 aliphatic carbocycles. The SMILES string of the molecule is COc1ccc(-c2cc(C(=O)NC[C@@H]3CCCO3)no2)cc1OC. The summed E-state index contributed by atoms with van der Waals surface area (Å²) in [7, 11) is 3.13. The molecule has 1 saturated heterocycles. The highest BCUT2D eigenvalue weighted by atomic mass is 16.5. The Morgan fingerprint density at radius 3 is 2.83 bits per heavy atom. The van der Waals surface area contributed by atoms with Crippen LogP contribution in [-0.2, 0) is 4.74 Å². The number of hydrogen-bond acceptors (Lipinski definition) is 6. The van der Waals surface area contributed by atoms with Gasteiger partial charge in [0.05, 0.1) is 20.3 Å². The summed E-state index contributed by atoms with van der Waals surface area (Å²) in [6, 6.07) is 6.96. The van der Waals surface area contributed by atoms with Gasteiger partial charge in [-0.2, -0.15) is 0 Å². The zero-order valence-corrected chi connectivity index (χ0v) is 13.7. The molecule has 1 aliphatic rings. The maximum atomic E-state index is 12.1. The zero-order chi connectivity index (χ0) is 16.9. The van der Waals surface area contributed by atoms with Crippen LogP contribution in [-0.4, -0.2) is 44.5 Å². The summed E-state index contributed by atoms with van der Waals surface area (Å²) >= 11 is 0. The Bertz CT molecular complexity index is 707. The first-order valence-corrected chi connectivity index (χ1v) is 7.80. The first-order chi connectivity index (χ1) is 11.7. The first-order valence-electron chi connectivity index (χ1n) is 7.80. The highest BCUT2D eigenvalue weighted by Gasteiger charge is 2.19. The summed E-state index contributed by atoms with van der Waals surface area (Å²) in [5, 5.41) is 6.65. The molecule has 1 aromatic carbocycles. The highest BCUT2D eigenvalue weighted by Crippen LogP contribution is 2.32. The van der Waals surface area contributed by atoms with Gasteiger partial charge in [0.2, 0.25) is 0 Å². The predicted molar refractivity (Wildman–Crippen MR) is 86.4 cm³/mol. The molecule has 1 aromatic heterocycles. The Balaban J connectivity index is 1.69. The van der Waals surface area contributed by atoms with Gasteiger partial charge in [-0.05, 0) is 31.0 Å². The molecule has 0 bridgehead atoms. The van der Waals surface area contributed by atoms with Crippen LogP contribution >= 0.6 is 0 Å². The second kappa shape index (κ2) is 7.35. The maximum Gasteiger partial charge on any atom is 0.273 e. The second-order valence-corrected chi connectivity index (χ2v) is 5.49. The number of amides is 1. The minimum Gasteiger partial charge on any atom is -0.493 e. The van der Waals surface area contributed by atoms with Crippen molar-refractivity contribution in [1.29, 1.82) is 0 Å². The Morgan fingerprint density at radius 1 is 1.29 bits per heavy atom. The topological polar surface area (TPSA) is 82.8 Å². The third-order valence-corrected chi connectivity index (χ3v) is 3.93. The van der Waals surface area contributed by atoms with Gasteiger partial charge in [0.1, 0.15) is 0 Å². The molecular weight excluding hydrogens is 312 g/mol. The fourth-order valence-electron chi connectivity index (χ4n) is 2.61. The molecule has 7 heteroatoms. The number of hydrogen-bond donors (Lipinski definition) is 1. The lowest BCUT2D eigenvalue weighted by atomic mass is 10.1. The van der Waals surface area contributed by atoms with Crippen LogP contribution in [0.5, 0.6) is 11.5 Å². The van der Waals surface area contributed by atoms with Gasteiger partial charge in [-0.3, -0.25) is 4.79 Å². The molecule has 0 unspecified atom stereocenters. The van der Waals surface area contributed by atoms with Gasteiger partial charge in [0.15, 0.2) is 23.0 Å². The summed E-state index contributed by atoms with van der Waals surface area (Å²) < 4.78 is 21.2. The quantitative estimate of drug-likeness (QED) is 0.874. The predicted octanol–water partition coefficient (Wildman–Crippen LogP) is 2.27. The minimum absolute atomic E-state index is 0.0890. The third kappa shape index (κ3) is 3.51. The number of carbonyl (C=O) groups excluding carboxylic acids is 1.